The zero-order valence-corrected chi connectivity index (χ0v) is 10.4. The lowest BCUT2D eigenvalue weighted by molar-refractivity contribution is 0.318. The van der Waals surface area contributed by atoms with Crippen LogP contribution in [0.15, 0.2) is 17.5 Å². The van der Waals surface area contributed by atoms with E-state index in [1.54, 1.807) is 12.4 Å². The van der Waals surface area contributed by atoms with Crippen LogP contribution in [0.5, 0.6) is 0 Å². The van der Waals surface area contributed by atoms with E-state index in [1.807, 2.05) is 11.8 Å². The minimum Gasteiger partial charge on any atom is -0.409 e. The number of nitrogens with two attached hydrogens (primary N) is 1. The van der Waals surface area contributed by atoms with E-state index in [0.717, 1.165) is 18.8 Å². The van der Waals surface area contributed by atoms with E-state index in [4.69, 9.17) is 10.9 Å². The van der Waals surface area contributed by atoms with E-state index < -0.39 is 0 Å². The molecule has 1 aliphatic rings. The van der Waals surface area contributed by atoms with E-state index in [-0.39, 0.29) is 5.84 Å². The van der Waals surface area contributed by atoms with Crippen molar-refractivity contribution in [1.29, 1.82) is 0 Å². The number of hydrogen-bond acceptors (Lipinski definition) is 6. The van der Waals surface area contributed by atoms with Gasteiger partial charge in [0, 0.05) is 36.5 Å². The van der Waals surface area contributed by atoms with Crippen molar-refractivity contribution in [2.24, 2.45) is 10.9 Å². The molecule has 0 amide bonds. The van der Waals surface area contributed by atoms with Crippen molar-refractivity contribution >= 4 is 23.4 Å². The Morgan fingerprint density at radius 2 is 2.35 bits per heavy atom. The Morgan fingerprint density at radius 3 is 3.06 bits per heavy atom. The molecule has 3 N–H and O–H groups in total. The largest absolute Gasteiger partial charge is 0.409 e. The molecule has 17 heavy (non-hydrogen) atoms. The normalized spacial score (nSPS) is 21.6. The molecule has 0 bridgehead atoms. The van der Waals surface area contributed by atoms with Crippen molar-refractivity contribution in [3.63, 3.8) is 0 Å². The SMILES string of the molecule is CC1CN(c2nccnc2C(N)=NO)CCS1. The third-order valence-electron chi connectivity index (χ3n) is 2.57. The maximum Gasteiger partial charge on any atom is 0.192 e. The maximum atomic E-state index is 8.74. The second-order valence-electron chi connectivity index (χ2n) is 3.84. The minimum absolute atomic E-state index is 0.000945. The van der Waals surface area contributed by atoms with Gasteiger partial charge in [-0.25, -0.2) is 9.97 Å². The summed E-state index contributed by atoms with van der Waals surface area (Å²) in [4.78, 5) is 10.5. The number of anilines is 1. The van der Waals surface area contributed by atoms with Crippen molar-refractivity contribution in [2.75, 3.05) is 23.7 Å². The van der Waals surface area contributed by atoms with E-state index in [0.29, 0.717) is 16.8 Å². The summed E-state index contributed by atoms with van der Waals surface area (Å²) in [5.41, 5.74) is 6.04. The molecule has 2 rings (SSSR count). The molecule has 1 unspecified atom stereocenters. The molecular formula is C10H15N5OS. The van der Waals surface area contributed by atoms with Crippen molar-refractivity contribution in [3.05, 3.63) is 18.1 Å². The number of nitrogens with zero attached hydrogens (tertiary/aromatic N) is 4. The third kappa shape index (κ3) is 2.60. The Labute approximate surface area is 104 Å². The third-order valence-corrected chi connectivity index (χ3v) is 3.71. The number of oxime groups is 1. The van der Waals surface area contributed by atoms with Crippen LogP contribution in [0.4, 0.5) is 5.82 Å². The lowest BCUT2D eigenvalue weighted by Crippen LogP contribution is -2.38. The van der Waals surface area contributed by atoms with Crippen LogP contribution >= 0.6 is 11.8 Å². The Balaban J connectivity index is 2.31. The van der Waals surface area contributed by atoms with Gasteiger partial charge in [0.2, 0.25) is 0 Å². The van der Waals surface area contributed by atoms with E-state index in [1.165, 1.54) is 0 Å². The molecule has 0 aliphatic carbocycles. The quantitative estimate of drug-likeness (QED) is 0.346. The van der Waals surface area contributed by atoms with E-state index in [9.17, 15) is 0 Å². The number of aromatic nitrogens is 2. The summed E-state index contributed by atoms with van der Waals surface area (Å²) in [6, 6.07) is 0. The molecular weight excluding hydrogens is 238 g/mol. The van der Waals surface area contributed by atoms with Crippen molar-refractivity contribution in [1.82, 2.24) is 9.97 Å². The van der Waals surface area contributed by atoms with Gasteiger partial charge in [-0.1, -0.05) is 12.1 Å². The van der Waals surface area contributed by atoms with Gasteiger partial charge >= 0.3 is 0 Å². The maximum absolute atomic E-state index is 8.74. The van der Waals surface area contributed by atoms with E-state index in [2.05, 4.69) is 26.9 Å². The highest BCUT2D eigenvalue weighted by Crippen LogP contribution is 2.23. The van der Waals surface area contributed by atoms with Gasteiger partial charge in [0.1, 0.15) is 0 Å². The predicted molar refractivity (Wildman–Crippen MR) is 68.7 cm³/mol. The second-order valence-corrected chi connectivity index (χ2v) is 5.39. The summed E-state index contributed by atoms with van der Waals surface area (Å²) in [5.74, 6) is 1.74. The number of thioether (sulfide) groups is 1. The summed E-state index contributed by atoms with van der Waals surface area (Å²) >= 11 is 1.94. The number of rotatable bonds is 2. The first-order chi connectivity index (χ1) is 8.22. The molecule has 0 spiro atoms. The predicted octanol–water partition coefficient (Wildman–Crippen LogP) is 0.513. The van der Waals surface area contributed by atoms with Crippen LogP contribution < -0.4 is 10.6 Å². The van der Waals surface area contributed by atoms with Crippen molar-refractivity contribution in [2.45, 2.75) is 12.2 Å². The monoisotopic (exact) mass is 253 g/mol. The Kier molecular flexibility index (Phi) is 3.68. The number of amidine groups is 1. The zero-order chi connectivity index (χ0) is 12.3. The Bertz CT molecular complexity index is 425. The van der Waals surface area contributed by atoms with Gasteiger partial charge in [-0.15, -0.1) is 0 Å². The molecule has 2 heterocycles. The molecule has 1 atom stereocenters. The minimum atomic E-state index is -0.000945. The summed E-state index contributed by atoms with van der Waals surface area (Å²) < 4.78 is 0. The fraction of sp³-hybridized carbons (Fsp3) is 0.500. The first-order valence-corrected chi connectivity index (χ1v) is 6.42. The molecule has 1 saturated heterocycles. The molecule has 0 radical (unpaired) electrons. The zero-order valence-electron chi connectivity index (χ0n) is 9.58. The summed E-state index contributed by atoms with van der Waals surface area (Å²) in [6.45, 7) is 3.98. The Morgan fingerprint density at radius 1 is 1.59 bits per heavy atom. The highest BCUT2D eigenvalue weighted by Gasteiger charge is 2.22. The smallest absolute Gasteiger partial charge is 0.192 e. The molecule has 92 valence electrons. The van der Waals surface area contributed by atoms with Crippen LogP contribution in [-0.4, -0.2) is 45.1 Å². The van der Waals surface area contributed by atoms with Gasteiger partial charge in [-0.2, -0.15) is 11.8 Å². The van der Waals surface area contributed by atoms with Crippen molar-refractivity contribution in [3.8, 4) is 0 Å². The first kappa shape index (κ1) is 12.0. The van der Waals surface area contributed by atoms with Gasteiger partial charge < -0.3 is 15.8 Å². The van der Waals surface area contributed by atoms with Gasteiger partial charge in [0.25, 0.3) is 0 Å². The first-order valence-electron chi connectivity index (χ1n) is 5.38. The molecule has 1 aliphatic heterocycles. The molecule has 1 aromatic heterocycles. The molecule has 0 aromatic carbocycles. The topological polar surface area (TPSA) is 87.6 Å². The van der Waals surface area contributed by atoms with Crippen LogP contribution in [0, 0.1) is 0 Å². The highest BCUT2D eigenvalue weighted by atomic mass is 32.2. The summed E-state index contributed by atoms with van der Waals surface area (Å²) in [7, 11) is 0. The lowest BCUT2D eigenvalue weighted by atomic mass is 10.3. The summed E-state index contributed by atoms with van der Waals surface area (Å²) in [5, 5.41) is 12.3. The van der Waals surface area contributed by atoms with Crippen LogP contribution in [0.25, 0.3) is 0 Å². The Hall–Kier alpha value is -1.50. The van der Waals surface area contributed by atoms with E-state index >= 15 is 0 Å². The standard InChI is InChI=1S/C10H15N5OS/c1-7-6-15(4-5-17-7)10-8(9(11)14-16)12-2-3-13-10/h2-3,7,16H,4-6H2,1H3,(H2,11,14). The van der Waals surface area contributed by atoms with Crippen LogP contribution in [0.1, 0.15) is 12.6 Å². The van der Waals surface area contributed by atoms with Gasteiger partial charge in [0.15, 0.2) is 17.3 Å². The van der Waals surface area contributed by atoms with Gasteiger partial charge in [-0.05, 0) is 0 Å². The second kappa shape index (κ2) is 5.22. The summed E-state index contributed by atoms with van der Waals surface area (Å²) in [6.07, 6.45) is 3.16. The fourth-order valence-corrected chi connectivity index (χ4v) is 2.81. The molecule has 7 heteroatoms. The van der Waals surface area contributed by atoms with Crippen LogP contribution in [0.3, 0.4) is 0 Å². The molecule has 1 aromatic rings. The van der Waals surface area contributed by atoms with Crippen LogP contribution in [-0.2, 0) is 0 Å². The van der Waals surface area contributed by atoms with Gasteiger partial charge in [0.05, 0.1) is 0 Å². The molecule has 6 nitrogen and oxygen atoms in total. The fourth-order valence-electron chi connectivity index (χ4n) is 1.80. The lowest BCUT2D eigenvalue weighted by Gasteiger charge is -2.32. The average molecular weight is 253 g/mol. The molecule has 0 saturated carbocycles. The van der Waals surface area contributed by atoms with Crippen LogP contribution in [0.2, 0.25) is 0 Å². The van der Waals surface area contributed by atoms with Gasteiger partial charge in [-0.3, -0.25) is 0 Å². The molecule has 1 fully saturated rings. The highest BCUT2D eigenvalue weighted by molar-refractivity contribution is 8.00. The number of hydrogen-bond donors (Lipinski definition) is 2. The average Bonchev–Trinajstić information content (AvgIpc) is 2.38. The van der Waals surface area contributed by atoms with Crippen molar-refractivity contribution < 1.29 is 5.21 Å².